The van der Waals surface area contributed by atoms with Crippen molar-refractivity contribution in [3.8, 4) is 10.6 Å². The number of aryl methyl sites for hydroxylation is 3. The maximum absolute atomic E-state index is 12.5. The van der Waals surface area contributed by atoms with E-state index in [9.17, 15) is 4.79 Å². The molecule has 0 radical (unpaired) electrons. The molecule has 0 saturated heterocycles. The van der Waals surface area contributed by atoms with Gasteiger partial charge in [0.15, 0.2) is 0 Å². The Balaban J connectivity index is 1.57. The highest BCUT2D eigenvalue weighted by molar-refractivity contribution is 7.21. The van der Waals surface area contributed by atoms with E-state index >= 15 is 0 Å². The molecule has 5 nitrogen and oxygen atoms in total. The van der Waals surface area contributed by atoms with Crippen LogP contribution in [0, 0.1) is 13.8 Å². The molecule has 4 aromatic rings. The summed E-state index contributed by atoms with van der Waals surface area (Å²) < 4.78 is 2.66. The molecule has 0 aliphatic heterocycles. The number of nitrogens with zero attached hydrogens (tertiary/aromatic N) is 3. The molecule has 0 spiro atoms. The van der Waals surface area contributed by atoms with Crippen LogP contribution < -0.4 is 5.32 Å². The van der Waals surface area contributed by atoms with Crippen LogP contribution in [0.4, 0.5) is 5.69 Å². The average Bonchev–Trinajstić information content (AvgIpc) is 3.15. The number of benzene rings is 2. The third-order valence-corrected chi connectivity index (χ3v) is 5.82. The van der Waals surface area contributed by atoms with E-state index in [1.807, 2.05) is 30.3 Å². The van der Waals surface area contributed by atoms with Crippen LogP contribution in [-0.2, 0) is 7.05 Å². The lowest BCUT2D eigenvalue weighted by molar-refractivity contribution is 0.101. The zero-order chi connectivity index (χ0) is 19.1. The Kier molecular flexibility index (Phi) is 4.45. The van der Waals surface area contributed by atoms with E-state index in [2.05, 4.69) is 29.5 Å². The van der Waals surface area contributed by atoms with Gasteiger partial charge in [-0.25, -0.2) is 4.98 Å². The second-order valence-corrected chi connectivity index (χ2v) is 7.80. The second-order valence-electron chi connectivity index (χ2n) is 6.39. The molecule has 27 heavy (non-hydrogen) atoms. The molecule has 1 amide bonds. The van der Waals surface area contributed by atoms with Crippen molar-refractivity contribution in [2.24, 2.45) is 7.05 Å². The van der Waals surface area contributed by atoms with Gasteiger partial charge in [-0.2, -0.15) is 5.10 Å². The van der Waals surface area contributed by atoms with Gasteiger partial charge in [0, 0.05) is 18.3 Å². The summed E-state index contributed by atoms with van der Waals surface area (Å²) in [6.07, 6.45) is 0. The fourth-order valence-corrected chi connectivity index (χ4v) is 4.24. The Morgan fingerprint density at radius 2 is 1.89 bits per heavy atom. The highest BCUT2D eigenvalue weighted by atomic mass is 35.5. The maximum Gasteiger partial charge on any atom is 0.275 e. The molecular formula is C20H17ClN4OS. The number of aromatic nitrogens is 3. The van der Waals surface area contributed by atoms with Crippen LogP contribution in [0.1, 0.15) is 21.7 Å². The summed E-state index contributed by atoms with van der Waals surface area (Å²) in [4.78, 5) is 17.2. The monoisotopic (exact) mass is 396 g/mol. The fourth-order valence-electron chi connectivity index (χ4n) is 2.92. The Hall–Kier alpha value is -2.70. The summed E-state index contributed by atoms with van der Waals surface area (Å²) in [5.41, 5.74) is 4.90. The van der Waals surface area contributed by atoms with Gasteiger partial charge in [0.05, 0.1) is 20.9 Å². The number of carbonyl (C=O) groups is 1. The first kappa shape index (κ1) is 17.7. The summed E-state index contributed by atoms with van der Waals surface area (Å²) in [6.45, 7) is 3.85. The lowest BCUT2D eigenvalue weighted by Crippen LogP contribution is -2.16. The summed E-state index contributed by atoms with van der Waals surface area (Å²) >= 11 is 7.84. The summed E-state index contributed by atoms with van der Waals surface area (Å²) in [7, 11) is 1.70. The number of rotatable bonds is 3. The number of hydrogen-bond acceptors (Lipinski definition) is 4. The normalized spacial score (nSPS) is 11.1. The standard InChI is InChI=1S/C20H17ClN4OS/c1-11-4-9-15-16(10-11)27-20(23-15)13-5-7-14(8-6-13)22-19(26)18-17(21)12(2)24-25(18)3/h4-10H,1-3H3,(H,22,26). The van der Waals surface area contributed by atoms with Gasteiger partial charge in [0.25, 0.3) is 5.91 Å². The van der Waals surface area contributed by atoms with Crippen molar-refractivity contribution in [3.05, 3.63) is 64.4 Å². The van der Waals surface area contributed by atoms with E-state index in [1.54, 1.807) is 25.3 Å². The van der Waals surface area contributed by atoms with E-state index in [0.29, 0.717) is 22.1 Å². The van der Waals surface area contributed by atoms with Crippen molar-refractivity contribution in [1.29, 1.82) is 0 Å². The van der Waals surface area contributed by atoms with Crippen LogP contribution in [0.5, 0.6) is 0 Å². The number of nitrogens with one attached hydrogen (secondary N) is 1. The van der Waals surface area contributed by atoms with E-state index in [0.717, 1.165) is 16.1 Å². The number of carbonyl (C=O) groups excluding carboxylic acids is 1. The number of amides is 1. The number of hydrogen-bond donors (Lipinski definition) is 1. The van der Waals surface area contributed by atoms with Crippen LogP contribution in [-0.4, -0.2) is 20.7 Å². The molecule has 7 heteroatoms. The molecule has 0 fully saturated rings. The molecule has 1 N–H and O–H groups in total. The Labute approximate surface area is 165 Å². The van der Waals surface area contributed by atoms with Crippen molar-refractivity contribution in [2.45, 2.75) is 13.8 Å². The molecule has 0 bridgehead atoms. The summed E-state index contributed by atoms with van der Waals surface area (Å²) in [5, 5.41) is 8.36. The van der Waals surface area contributed by atoms with E-state index in [1.165, 1.54) is 14.9 Å². The first-order valence-corrected chi connectivity index (χ1v) is 9.60. The van der Waals surface area contributed by atoms with Crippen LogP contribution in [0.2, 0.25) is 5.02 Å². The third-order valence-electron chi connectivity index (χ3n) is 4.30. The molecule has 136 valence electrons. The lowest BCUT2D eigenvalue weighted by Gasteiger charge is -2.06. The van der Waals surface area contributed by atoms with Gasteiger partial charge in [-0.1, -0.05) is 17.7 Å². The minimum absolute atomic E-state index is 0.286. The van der Waals surface area contributed by atoms with Gasteiger partial charge in [-0.05, 0) is 55.8 Å². The molecule has 2 aromatic carbocycles. The van der Waals surface area contributed by atoms with Crippen molar-refractivity contribution >= 4 is 44.7 Å². The molecule has 0 unspecified atom stereocenters. The number of thiazole rings is 1. The van der Waals surface area contributed by atoms with Gasteiger partial charge in [-0.15, -0.1) is 11.3 Å². The molecule has 4 rings (SSSR count). The Morgan fingerprint density at radius 3 is 2.56 bits per heavy atom. The van der Waals surface area contributed by atoms with Gasteiger partial charge < -0.3 is 5.32 Å². The largest absolute Gasteiger partial charge is 0.321 e. The highest BCUT2D eigenvalue weighted by Crippen LogP contribution is 2.31. The molecule has 2 heterocycles. The zero-order valence-corrected chi connectivity index (χ0v) is 16.6. The maximum atomic E-state index is 12.5. The van der Waals surface area contributed by atoms with Crippen molar-refractivity contribution in [2.75, 3.05) is 5.32 Å². The fraction of sp³-hybridized carbons (Fsp3) is 0.150. The van der Waals surface area contributed by atoms with Crippen molar-refractivity contribution in [1.82, 2.24) is 14.8 Å². The SMILES string of the molecule is Cc1ccc2nc(-c3ccc(NC(=O)c4c(Cl)c(C)nn4C)cc3)sc2c1. The summed E-state index contributed by atoms with van der Waals surface area (Å²) in [6, 6.07) is 13.9. The zero-order valence-electron chi connectivity index (χ0n) is 15.1. The molecule has 0 aliphatic carbocycles. The van der Waals surface area contributed by atoms with Gasteiger partial charge >= 0.3 is 0 Å². The predicted octanol–water partition coefficient (Wildman–Crippen LogP) is 5.22. The molecule has 0 atom stereocenters. The van der Waals surface area contributed by atoms with Crippen molar-refractivity contribution < 1.29 is 4.79 Å². The van der Waals surface area contributed by atoms with Crippen LogP contribution in [0.3, 0.4) is 0 Å². The lowest BCUT2D eigenvalue weighted by atomic mass is 10.2. The number of fused-ring (bicyclic) bond motifs is 1. The molecule has 2 aromatic heterocycles. The van der Waals surface area contributed by atoms with Crippen LogP contribution >= 0.6 is 22.9 Å². The van der Waals surface area contributed by atoms with E-state index in [4.69, 9.17) is 16.6 Å². The smallest absolute Gasteiger partial charge is 0.275 e. The molecule has 0 aliphatic rings. The topological polar surface area (TPSA) is 59.8 Å². The average molecular weight is 397 g/mol. The highest BCUT2D eigenvalue weighted by Gasteiger charge is 2.18. The Morgan fingerprint density at radius 1 is 1.15 bits per heavy atom. The van der Waals surface area contributed by atoms with E-state index in [-0.39, 0.29) is 5.91 Å². The van der Waals surface area contributed by atoms with Crippen LogP contribution in [0.25, 0.3) is 20.8 Å². The Bertz CT molecular complexity index is 1160. The number of anilines is 1. The van der Waals surface area contributed by atoms with E-state index < -0.39 is 0 Å². The first-order chi connectivity index (χ1) is 12.9. The minimum atomic E-state index is -0.286. The number of halogens is 1. The minimum Gasteiger partial charge on any atom is -0.321 e. The van der Waals surface area contributed by atoms with Gasteiger partial charge in [0.1, 0.15) is 10.7 Å². The second kappa shape index (κ2) is 6.79. The quantitative estimate of drug-likeness (QED) is 0.516. The van der Waals surface area contributed by atoms with Crippen LogP contribution in [0.15, 0.2) is 42.5 Å². The van der Waals surface area contributed by atoms with Gasteiger partial charge in [-0.3, -0.25) is 9.48 Å². The van der Waals surface area contributed by atoms with Gasteiger partial charge in [0.2, 0.25) is 0 Å². The predicted molar refractivity (Wildman–Crippen MR) is 111 cm³/mol. The molecular weight excluding hydrogens is 380 g/mol. The van der Waals surface area contributed by atoms with Crippen molar-refractivity contribution in [3.63, 3.8) is 0 Å². The third kappa shape index (κ3) is 3.34. The summed E-state index contributed by atoms with van der Waals surface area (Å²) in [5.74, 6) is -0.286. The molecule has 0 saturated carbocycles. The first-order valence-electron chi connectivity index (χ1n) is 8.40.